The van der Waals surface area contributed by atoms with Crippen LogP contribution >= 0.6 is 0 Å². The van der Waals surface area contributed by atoms with Crippen molar-refractivity contribution < 1.29 is 19.4 Å². The number of aromatic carboxylic acids is 1. The van der Waals surface area contributed by atoms with E-state index >= 15 is 0 Å². The van der Waals surface area contributed by atoms with Gasteiger partial charge in [-0.15, -0.1) is 0 Å². The van der Waals surface area contributed by atoms with Crippen LogP contribution in [0.25, 0.3) is 0 Å². The molecular formula is C11H16N4O4. The van der Waals surface area contributed by atoms with Crippen LogP contribution in [0.15, 0.2) is 12.4 Å². The van der Waals surface area contributed by atoms with Gasteiger partial charge in [-0.05, 0) is 0 Å². The number of aromatic nitrogens is 2. The number of likely N-dealkylation sites (N-methyl/N-ethyl adjacent to an activating group) is 1. The molecule has 0 bridgehead atoms. The summed E-state index contributed by atoms with van der Waals surface area (Å²) in [6, 6.07) is 0. The van der Waals surface area contributed by atoms with Crippen molar-refractivity contribution in [1.29, 1.82) is 0 Å². The lowest BCUT2D eigenvalue weighted by Crippen LogP contribution is -2.37. The van der Waals surface area contributed by atoms with Gasteiger partial charge in [0.15, 0.2) is 5.69 Å². The van der Waals surface area contributed by atoms with E-state index in [2.05, 4.69) is 15.3 Å². The van der Waals surface area contributed by atoms with Crippen molar-refractivity contribution in [1.82, 2.24) is 15.3 Å². The highest BCUT2D eigenvalue weighted by molar-refractivity contribution is 5.85. The molecule has 0 aliphatic heterocycles. The molecule has 19 heavy (non-hydrogen) atoms. The summed E-state index contributed by atoms with van der Waals surface area (Å²) in [7, 11) is 3.22. The van der Waals surface area contributed by atoms with E-state index in [9.17, 15) is 9.59 Å². The van der Waals surface area contributed by atoms with E-state index in [1.54, 1.807) is 19.1 Å². The Morgan fingerprint density at radius 3 is 2.68 bits per heavy atom. The number of rotatable bonds is 7. The Bertz CT molecular complexity index is 435. The van der Waals surface area contributed by atoms with E-state index < -0.39 is 5.97 Å². The Kier molecular flexibility index (Phi) is 5.68. The van der Waals surface area contributed by atoms with Crippen molar-refractivity contribution >= 4 is 17.7 Å². The number of carbonyl (C=O) groups is 2. The number of hydrogen-bond donors (Lipinski definition) is 2. The molecule has 0 unspecified atom stereocenters. The second-order valence-electron chi connectivity index (χ2n) is 3.76. The molecule has 0 saturated carbocycles. The lowest BCUT2D eigenvalue weighted by Gasteiger charge is -2.17. The number of carboxylic acids is 1. The third-order valence-electron chi connectivity index (χ3n) is 2.26. The van der Waals surface area contributed by atoms with E-state index in [1.165, 1.54) is 6.20 Å². The van der Waals surface area contributed by atoms with Crippen LogP contribution in [0.2, 0.25) is 0 Å². The Hall–Kier alpha value is -2.22. The third-order valence-corrected chi connectivity index (χ3v) is 2.26. The maximum absolute atomic E-state index is 11.5. The van der Waals surface area contributed by atoms with Crippen molar-refractivity contribution in [2.75, 3.05) is 38.8 Å². The number of anilines is 1. The lowest BCUT2D eigenvalue weighted by atomic mass is 10.4. The number of hydrogen-bond acceptors (Lipinski definition) is 6. The topological polar surface area (TPSA) is 105 Å². The minimum atomic E-state index is -1.14. The molecule has 1 aromatic heterocycles. The molecule has 2 N–H and O–H groups in total. The first-order valence-corrected chi connectivity index (χ1v) is 5.56. The molecule has 0 atom stereocenters. The van der Waals surface area contributed by atoms with Gasteiger partial charge in [-0.3, -0.25) is 4.79 Å². The second-order valence-corrected chi connectivity index (χ2v) is 3.76. The van der Waals surface area contributed by atoms with E-state index in [4.69, 9.17) is 9.84 Å². The third kappa shape index (κ3) is 4.88. The molecule has 1 heterocycles. The Morgan fingerprint density at radius 1 is 1.42 bits per heavy atom. The fraction of sp³-hybridized carbons (Fsp3) is 0.455. The molecular weight excluding hydrogens is 252 g/mol. The van der Waals surface area contributed by atoms with Crippen molar-refractivity contribution in [3.05, 3.63) is 18.1 Å². The van der Waals surface area contributed by atoms with Crippen LogP contribution < -0.4 is 10.2 Å². The summed E-state index contributed by atoms with van der Waals surface area (Å²) in [6.45, 7) is 0.986. The first-order chi connectivity index (χ1) is 9.04. The fourth-order valence-corrected chi connectivity index (χ4v) is 1.27. The molecule has 1 rings (SSSR count). The summed E-state index contributed by atoms with van der Waals surface area (Å²) in [4.78, 5) is 31.4. The summed E-state index contributed by atoms with van der Waals surface area (Å²) in [6.07, 6.45) is 2.46. The zero-order valence-corrected chi connectivity index (χ0v) is 10.8. The molecule has 0 spiro atoms. The maximum Gasteiger partial charge on any atom is 0.356 e. The lowest BCUT2D eigenvalue weighted by molar-refractivity contribution is -0.119. The first-order valence-electron chi connectivity index (χ1n) is 5.56. The average molecular weight is 268 g/mol. The number of nitrogens with one attached hydrogen (secondary N) is 1. The predicted molar refractivity (Wildman–Crippen MR) is 67.1 cm³/mol. The quantitative estimate of drug-likeness (QED) is 0.634. The second kappa shape index (κ2) is 7.27. The average Bonchev–Trinajstić information content (AvgIpc) is 2.39. The highest BCUT2D eigenvalue weighted by atomic mass is 16.5. The van der Waals surface area contributed by atoms with Crippen LogP contribution in [0.1, 0.15) is 10.5 Å². The van der Waals surface area contributed by atoms with Gasteiger partial charge in [0.1, 0.15) is 5.82 Å². The minimum Gasteiger partial charge on any atom is -0.476 e. The first kappa shape index (κ1) is 14.8. The molecule has 1 amide bonds. The largest absolute Gasteiger partial charge is 0.476 e. The number of amides is 1. The van der Waals surface area contributed by atoms with Gasteiger partial charge in [-0.1, -0.05) is 0 Å². The highest BCUT2D eigenvalue weighted by Crippen LogP contribution is 2.06. The van der Waals surface area contributed by atoms with Crippen molar-refractivity contribution in [2.45, 2.75) is 0 Å². The molecule has 0 fully saturated rings. The number of ether oxygens (including phenoxy) is 1. The van der Waals surface area contributed by atoms with Gasteiger partial charge in [0.05, 0.1) is 25.5 Å². The summed E-state index contributed by atoms with van der Waals surface area (Å²) in [5, 5.41) is 11.4. The monoisotopic (exact) mass is 268 g/mol. The van der Waals surface area contributed by atoms with Gasteiger partial charge in [0.25, 0.3) is 0 Å². The molecule has 0 aromatic carbocycles. The van der Waals surface area contributed by atoms with Gasteiger partial charge in [-0.2, -0.15) is 0 Å². The predicted octanol–water partition coefficient (Wildman–Crippen LogP) is -0.626. The van der Waals surface area contributed by atoms with Crippen LogP contribution in [-0.4, -0.2) is 60.8 Å². The number of carboxylic acid groups (broad SMARTS) is 1. The highest BCUT2D eigenvalue weighted by Gasteiger charge is 2.10. The number of methoxy groups -OCH3 is 1. The van der Waals surface area contributed by atoms with Gasteiger partial charge in [-0.25, -0.2) is 14.8 Å². The fourth-order valence-electron chi connectivity index (χ4n) is 1.27. The van der Waals surface area contributed by atoms with Crippen LogP contribution in [0, 0.1) is 0 Å². The smallest absolute Gasteiger partial charge is 0.356 e. The van der Waals surface area contributed by atoms with Crippen LogP contribution in [0.3, 0.4) is 0 Å². The summed E-state index contributed by atoms with van der Waals surface area (Å²) >= 11 is 0. The van der Waals surface area contributed by atoms with Crippen LogP contribution in [0.5, 0.6) is 0 Å². The van der Waals surface area contributed by atoms with Gasteiger partial charge in [0, 0.05) is 20.7 Å². The van der Waals surface area contributed by atoms with Gasteiger partial charge >= 0.3 is 5.97 Å². The number of nitrogens with zero attached hydrogens (tertiary/aromatic N) is 3. The normalized spacial score (nSPS) is 10.0. The molecule has 104 valence electrons. The Labute approximate surface area is 110 Å². The van der Waals surface area contributed by atoms with E-state index in [-0.39, 0.29) is 18.1 Å². The van der Waals surface area contributed by atoms with Crippen LogP contribution in [-0.2, 0) is 9.53 Å². The summed E-state index contributed by atoms with van der Waals surface area (Å²) < 4.78 is 4.81. The minimum absolute atomic E-state index is 0.102. The van der Waals surface area contributed by atoms with Crippen molar-refractivity contribution in [2.24, 2.45) is 0 Å². The van der Waals surface area contributed by atoms with Gasteiger partial charge < -0.3 is 20.1 Å². The standard InChI is InChI=1S/C11H16N4O4/c1-15(7-10(16)12-3-4-19-2)9-6-13-8(5-14-9)11(17)18/h5-6H,3-4,7H2,1-2H3,(H,12,16)(H,17,18). The van der Waals surface area contributed by atoms with E-state index in [0.717, 1.165) is 6.20 Å². The molecule has 0 aliphatic carbocycles. The summed E-state index contributed by atoms with van der Waals surface area (Å²) in [5.74, 6) is -0.894. The molecule has 0 radical (unpaired) electrons. The van der Waals surface area contributed by atoms with Crippen molar-refractivity contribution in [3.8, 4) is 0 Å². The van der Waals surface area contributed by atoms with Gasteiger partial charge in [0.2, 0.25) is 5.91 Å². The maximum atomic E-state index is 11.5. The van der Waals surface area contributed by atoms with E-state index in [0.29, 0.717) is 19.0 Å². The Morgan fingerprint density at radius 2 is 2.16 bits per heavy atom. The molecule has 0 saturated heterocycles. The van der Waals surface area contributed by atoms with E-state index in [1.807, 2.05) is 0 Å². The Balaban J connectivity index is 2.50. The zero-order chi connectivity index (χ0) is 14.3. The van der Waals surface area contributed by atoms with Crippen LogP contribution in [0.4, 0.5) is 5.82 Å². The number of carbonyl (C=O) groups excluding carboxylic acids is 1. The molecule has 0 aliphatic rings. The molecule has 8 heteroatoms. The SMILES string of the molecule is COCCNC(=O)CN(C)c1cnc(C(=O)O)cn1. The van der Waals surface area contributed by atoms with Crippen molar-refractivity contribution in [3.63, 3.8) is 0 Å². The zero-order valence-electron chi connectivity index (χ0n) is 10.8. The summed E-state index contributed by atoms with van der Waals surface area (Å²) in [5.41, 5.74) is -0.137. The molecule has 1 aromatic rings. The molecule has 8 nitrogen and oxygen atoms in total.